The number of allylic oxidation sites excluding steroid dienone is 2. The fourth-order valence-corrected chi connectivity index (χ4v) is 3.68. The maximum absolute atomic E-state index is 7.93. The van der Waals surface area contributed by atoms with Crippen LogP contribution in [0.5, 0.6) is 0 Å². The van der Waals surface area contributed by atoms with Gasteiger partial charge in [0.2, 0.25) is 5.95 Å². The van der Waals surface area contributed by atoms with Crippen LogP contribution in [0.2, 0.25) is 0 Å². The predicted molar refractivity (Wildman–Crippen MR) is 100 cm³/mol. The quantitative estimate of drug-likeness (QED) is 0.643. The molecule has 0 amide bonds. The van der Waals surface area contributed by atoms with E-state index >= 15 is 0 Å². The van der Waals surface area contributed by atoms with E-state index in [0.717, 1.165) is 42.4 Å². The summed E-state index contributed by atoms with van der Waals surface area (Å²) in [5, 5.41) is 11.4. The average Bonchev–Trinajstić information content (AvgIpc) is 3.41. The van der Waals surface area contributed by atoms with Crippen LogP contribution in [0.15, 0.2) is 17.8 Å². The van der Waals surface area contributed by atoms with Crippen molar-refractivity contribution in [2.24, 2.45) is 5.92 Å². The average molecular weight is 326 g/mol. The van der Waals surface area contributed by atoms with E-state index in [4.69, 9.17) is 10.4 Å². The normalized spacial score (nSPS) is 19.7. The van der Waals surface area contributed by atoms with Crippen molar-refractivity contribution >= 4 is 17.7 Å². The van der Waals surface area contributed by atoms with E-state index in [1.807, 2.05) is 12.3 Å². The zero-order valence-corrected chi connectivity index (χ0v) is 14.9. The molecular weight excluding hydrogens is 296 g/mol. The van der Waals surface area contributed by atoms with Crippen LogP contribution >= 0.6 is 0 Å². The Labute approximate surface area is 145 Å². The van der Waals surface area contributed by atoms with E-state index in [1.54, 1.807) is 0 Å². The monoisotopic (exact) mass is 326 g/mol. The second-order valence-corrected chi connectivity index (χ2v) is 7.30. The van der Waals surface area contributed by atoms with Crippen molar-refractivity contribution in [3.05, 3.63) is 23.5 Å². The number of rotatable bonds is 8. The number of hydrogen-bond acceptors (Lipinski definition) is 4. The van der Waals surface area contributed by atoms with Gasteiger partial charge in [0, 0.05) is 24.0 Å². The smallest absolute Gasteiger partial charge is 0.223 e. The first-order valence-electron chi connectivity index (χ1n) is 9.62. The van der Waals surface area contributed by atoms with Crippen molar-refractivity contribution in [2.75, 3.05) is 5.32 Å². The maximum Gasteiger partial charge on any atom is 0.223 e. The zero-order valence-electron chi connectivity index (χ0n) is 14.9. The highest BCUT2D eigenvalue weighted by Crippen LogP contribution is 2.38. The van der Waals surface area contributed by atoms with Gasteiger partial charge in [0.15, 0.2) is 0 Å². The van der Waals surface area contributed by atoms with Crippen LogP contribution in [0.1, 0.15) is 76.8 Å². The molecule has 130 valence electrons. The first-order valence-corrected chi connectivity index (χ1v) is 9.62. The van der Waals surface area contributed by atoms with Crippen LogP contribution in [0.3, 0.4) is 0 Å². The first-order chi connectivity index (χ1) is 11.8. The molecule has 2 aliphatic rings. The number of aromatic nitrogens is 2. The van der Waals surface area contributed by atoms with Gasteiger partial charge in [-0.05, 0) is 50.5 Å². The molecule has 0 aliphatic heterocycles. The van der Waals surface area contributed by atoms with Crippen molar-refractivity contribution in [1.29, 1.82) is 5.41 Å². The highest BCUT2D eigenvalue weighted by molar-refractivity contribution is 6.08. The highest BCUT2D eigenvalue weighted by atomic mass is 15.1. The number of hydrogen-bond donors (Lipinski definition) is 2. The molecule has 4 nitrogen and oxygen atoms in total. The van der Waals surface area contributed by atoms with Gasteiger partial charge in [-0.25, -0.2) is 9.97 Å². The van der Waals surface area contributed by atoms with Crippen LogP contribution in [0, 0.1) is 11.3 Å². The molecule has 0 atom stereocenters. The standard InChI is InChI=1S/C20H30N4/c1-2-6-16(13-15-9-10-15)18(14-21)19-11-12-22-20(24-19)23-17-7-4-3-5-8-17/h11-12,14-15,17,21H,2-10,13H2,1H3,(H,22,23,24)/b18-16-,21-14?. The number of nitrogens with one attached hydrogen (secondary N) is 2. The van der Waals surface area contributed by atoms with Gasteiger partial charge >= 0.3 is 0 Å². The fraction of sp³-hybridized carbons (Fsp3) is 0.650. The van der Waals surface area contributed by atoms with E-state index in [0.29, 0.717) is 6.04 Å². The third-order valence-electron chi connectivity index (χ3n) is 5.18. The minimum absolute atomic E-state index is 0.503. The lowest BCUT2D eigenvalue weighted by atomic mass is 9.95. The number of nitrogens with zero attached hydrogens (tertiary/aromatic N) is 2. The van der Waals surface area contributed by atoms with Crippen LogP contribution < -0.4 is 5.32 Å². The van der Waals surface area contributed by atoms with Crippen LogP contribution in [-0.4, -0.2) is 22.2 Å². The van der Waals surface area contributed by atoms with E-state index in [-0.39, 0.29) is 0 Å². The van der Waals surface area contributed by atoms with Crippen LogP contribution in [-0.2, 0) is 0 Å². The Balaban J connectivity index is 1.79. The van der Waals surface area contributed by atoms with Gasteiger partial charge in [-0.3, -0.25) is 0 Å². The molecule has 0 saturated heterocycles. The molecule has 2 fully saturated rings. The Morgan fingerprint density at radius 2 is 2.04 bits per heavy atom. The summed E-state index contributed by atoms with van der Waals surface area (Å²) < 4.78 is 0. The molecule has 4 heteroatoms. The molecule has 1 aromatic heterocycles. The predicted octanol–water partition coefficient (Wildman–Crippen LogP) is 5.22. The molecule has 2 N–H and O–H groups in total. The molecule has 0 radical (unpaired) electrons. The lowest BCUT2D eigenvalue weighted by molar-refractivity contribution is 0.461. The molecule has 0 spiro atoms. The molecule has 1 aromatic rings. The van der Waals surface area contributed by atoms with Gasteiger partial charge in [-0.15, -0.1) is 0 Å². The largest absolute Gasteiger partial charge is 0.351 e. The Bertz CT molecular complexity index is 583. The lowest BCUT2D eigenvalue weighted by Crippen LogP contribution is -2.23. The van der Waals surface area contributed by atoms with Gasteiger partial charge in [0.05, 0.1) is 5.69 Å². The first kappa shape index (κ1) is 17.1. The van der Waals surface area contributed by atoms with Gasteiger partial charge in [-0.2, -0.15) is 0 Å². The van der Waals surface area contributed by atoms with Crippen molar-refractivity contribution in [3.63, 3.8) is 0 Å². The molecule has 2 aliphatic carbocycles. The van der Waals surface area contributed by atoms with Crippen molar-refractivity contribution in [3.8, 4) is 0 Å². The van der Waals surface area contributed by atoms with Gasteiger partial charge in [-0.1, -0.05) is 38.2 Å². The summed E-state index contributed by atoms with van der Waals surface area (Å²) in [6.07, 6.45) is 15.7. The second kappa shape index (κ2) is 8.41. The molecule has 0 unspecified atom stereocenters. The highest BCUT2D eigenvalue weighted by Gasteiger charge is 2.24. The Morgan fingerprint density at radius 3 is 2.71 bits per heavy atom. The van der Waals surface area contributed by atoms with Crippen molar-refractivity contribution in [2.45, 2.75) is 77.2 Å². The zero-order chi connectivity index (χ0) is 16.8. The summed E-state index contributed by atoms with van der Waals surface area (Å²) in [6.45, 7) is 2.21. The minimum Gasteiger partial charge on any atom is -0.351 e. The Hall–Kier alpha value is -1.71. The van der Waals surface area contributed by atoms with E-state index in [1.165, 1.54) is 56.7 Å². The topological polar surface area (TPSA) is 61.7 Å². The Morgan fingerprint density at radius 1 is 1.25 bits per heavy atom. The summed E-state index contributed by atoms with van der Waals surface area (Å²) in [4.78, 5) is 9.15. The third kappa shape index (κ3) is 4.65. The SMILES string of the molecule is CCC/C(CC1CC1)=C(\C=N)c1ccnc(NC2CCCCC2)n1. The van der Waals surface area contributed by atoms with Gasteiger partial charge < -0.3 is 10.7 Å². The van der Waals surface area contributed by atoms with E-state index < -0.39 is 0 Å². The van der Waals surface area contributed by atoms with Crippen molar-refractivity contribution < 1.29 is 0 Å². The molecule has 2 saturated carbocycles. The molecule has 0 aromatic carbocycles. The molecule has 0 bridgehead atoms. The maximum atomic E-state index is 7.93. The number of anilines is 1. The van der Waals surface area contributed by atoms with E-state index in [2.05, 4.69) is 17.2 Å². The Kier molecular flexibility index (Phi) is 6.00. The van der Waals surface area contributed by atoms with Gasteiger partial charge in [0.25, 0.3) is 0 Å². The van der Waals surface area contributed by atoms with Gasteiger partial charge in [0.1, 0.15) is 0 Å². The molecular formula is C20H30N4. The molecule has 24 heavy (non-hydrogen) atoms. The summed E-state index contributed by atoms with van der Waals surface area (Å²) >= 11 is 0. The summed E-state index contributed by atoms with van der Waals surface area (Å²) in [5.74, 6) is 1.56. The van der Waals surface area contributed by atoms with E-state index in [9.17, 15) is 0 Å². The van der Waals surface area contributed by atoms with Crippen LogP contribution in [0.4, 0.5) is 5.95 Å². The molecule has 3 rings (SSSR count). The summed E-state index contributed by atoms with van der Waals surface area (Å²) in [7, 11) is 0. The summed E-state index contributed by atoms with van der Waals surface area (Å²) in [5.41, 5.74) is 3.32. The minimum atomic E-state index is 0.503. The van der Waals surface area contributed by atoms with Crippen LogP contribution in [0.25, 0.3) is 5.57 Å². The van der Waals surface area contributed by atoms with Crippen molar-refractivity contribution in [1.82, 2.24) is 9.97 Å². The molecule has 1 heterocycles. The third-order valence-corrected chi connectivity index (χ3v) is 5.18. The fourth-order valence-electron chi connectivity index (χ4n) is 3.68. The summed E-state index contributed by atoms with van der Waals surface area (Å²) in [6, 6.07) is 2.46. The second-order valence-electron chi connectivity index (χ2n) is 7.30. The lowest BCUT2D eigenvalue weighted by Gasteiger charge is -2.22.